The van der Waals surface area contributed by atoms with Gasteiger partial charge in [-0.15, -0.1) is 24.0 Å². The third-order valence-electron chi connectivity index (χ3n) is 2.31. The Kier molecular flexibility index (Phi) is 3.49. The van der Waals surface area contributed by atoms with Crippen molar-refractivity contribution >= 4 is 35.6 Å². The molecule has 5 heteroatoms. The molecule has 0 atom stereocenters. The molecule has 0 radical (unpaired) electrons. The highest BCUT2D eigenvalue weighted by molar-refractivity contribution is 7.80. The van der Waals surface area contributed by atoms with Gasteiger partial charge >= 0.3 is 0 Å². The molecule has 0 spiro atoms. The van der Waals surface area contributed by atoms with Crippen molar-refractivity contribution in [3.05, 3.63) is 46.4 Å². The number of anilines is 1. The van der Waals surface area contributed by atoms with Crippen molar-refractivity contribution in [3.8, 4) is 0 Å². The Hall–Kier alpha value is -1.33. The lowest BCUT2D eigenvalue weighted by Gasteiger charge is -2.16. The lowest BCUT2D eigenvalue weighted by Crippen LogP contribution is -2.25. The molecule has 17 heavy (non-hydrogen) atoms. The SMILES string of the molecule is CN(C(=O)c1cc(S)cs1)c1ccc(F)cc1. The zero-order valence-electron chi connectivity index (χ0n) is 9.05. The van der Waals surface area contributed by atoms with Crippen LogP contribution in [0.4, 0.5) is 10.1 Å². The maximum atomic E-state index is 12.8. The number of amides is 1. The quantitative estimate of drug-likeness (QED) is 0.826. The number of thiophene rings is 1. The van der Waals surface area contributed by atoms with Gasteiger partial charge in [-0.25, -0.2) is 4.39 Å². The topological polar surface area (TPSA) is 20.3 Å². The fourth-order valence-electron chi connectivity index (χ4n) is 1.39. The summed E-state index contributed by atoms with van der Waals surface area (Å²) in [6.07, 6.45) is 0. The second-order valence-electron chi connectivity index (χ2n) is 3.51. The molecule has 1 heterocycles. The molecule has 0 fully saturated rings. The first-order valence-electron chi connectivity index (χ1n) is 4.89. The number of carbonyl (C=O) groups excluding carboxylic acids is 1. The molecule has 0 aliphatic heterocycles. The number of carbonyl (C=O) groups is 1. The molecule has 0 saturated heterocycles. The highest BCUT2D eigenvalue weighted by Crippen LogP contribution is 2.22. The van der Waals surface area contributed by atoms with Crippen molar-refractivity contribution in [1.82, 2.24) is 0 Å². The fourth-order valence-corrected chi connectivity index (χ4v) is 2.51. The molecule has 0 N–H and O–H groups in total. The zero-order valence-corrected chi connectivity index (χ0v) is 10.8. The molecule has 0 aliphatic carbocycles. The molecule has 2 rings (SSSR count). The Bertz CT molecular complexity index is 536. The number of rotatable bonds is 2. The van der Waals surface area contributed by atoms with Crippen molar-refractivity contribution < 1.29 is 9.18 Å². The van der Waals surface area contributed by atoms with Gasteiger partial charge in [-0.1, -0.05) is 0 Å². The van der Waals surface area contributed by atoms with E-state index in [-0.39, 0.29) is 11.7 Å². The molecule has 1 aromatic heterocycles. The molecule has 2 nitrogen and oxygen atoms in total. The van der Waals surface area contributed by atoms with Gasteiger partial charge in [0.05, 0.1) is 4.88 Å². The smallest absolute Gasteiger partial charge is 0.268 e. The fraction of sp³-hybridized carbons (Fsp3) is 0.0833. The first-order valence-corrected chi connectivity index (χ1v) is 6.22. The zero-order chi connectivity index (χ0) is 12.4. The van der Waals surface area contributed by atoms with E-state index in [1.165, 1.54) is 28.4 Å². The highest BCUT2D eigenvalue weighted by Gasteiger charge is 2.15. The van der Waals surface area contributed by atoms with Crippen molar-refractivity contribution in [2.75, 3.05) is 11.9 Å². The summed E-state index contributed by atoms with van der Waals surface area (Å²) in [5.74, 6) is -0.440. The monoisotopic (exact) mass is 267 g/mol. The van der Waals surface area contributed by atoms with E-state index in [2.05, 4.69) is 12.6 Å². The predicted octanol–water partition coefficient (Wildman–Crippen LogP) is 3.45. The maximum Gasteiger partial charge on any atom is 0.268 e. The van der Waals surface area contributed by atoms with Crippen molar-refractivity contribution in [2.24, 2.45) is 0 Å². The normalized spacial score (nSPS) is 10.3. The van der Waals surface area contributed by atoms with Gasteiger partial charge in [0.1, 0.15) is 5.82 Å². The summed E-state index contributed by atoms with van der Waals surface area (Å²) in [5, 5.41) is 1.80. The van der Waals surface area contributed by atoms with Crippen LogP contribution in [0.15, 0.2) is 40.6 Å². The predicted molar refractivity (Wildman–Crippen MR) is 70.7 cm³/mol. The number of halogens is 1. The second kappa shape index (κ2) is 4.89. The summed E-state index contributed by atoms with van der Waals surface area (Å²) in [6.45, 7) is 0. The molecule has 2 aromatic rings. The Morgan fingerprint density at radius 2 is 2.00 bits per heavy atom. The number of nitrogens with zero attached hydrogens (tertiary/aromatic N) is 1. The molecule has 0 saturated carbocycles. The number of benzene rings is 1. The van der Waals surface area contributed by atoms with Gasteiger partial charge in [0.15, 0.2) is 0 Å². The van der Waals surface area contributed by atoms with Crippen LogP contribution in [0.5, 0.6) is 0 Å². The number of hydrogen-bond donors (Lipinski definition) is 1. The molecule has 88 valence electrons. The van der Waals surface area contributed by atoms with Crippen molar-refractivity contribution in [3.63, 3.8) is 0 Å². The van der Waals surface area contributed by atoms with Gasteiger partial charge in [-0.3, -0.25) is 4.79 Å². The second-order valence-corrected chi connectivity index (χ2v) is 4.94. The van der Waals surface area contributed by atoms with Crippen LogP contribution >= 0.6 is 24.0 Å². The van der Waals surface area contributed by atoms with E-state index < -0.39 is 0 Å². The third-order valence-corrected chi connectivity index (χ3v) is 3.67. The van der Waals surface area contributed by atoms with Crippen LogP contribution in [0.3, 0.4) is 0 Å². The van der Waals surface area contributed by atoms with E-state index in [9.17, 15) is 9.18 Å². The van der Waals surface area contributed by atoms with Gasteiger partial charge in [0.25, 0.3) is 5.91 Å². The minimum atomic E-state index is -0.316. The largest absolute Gasteiger partial charge is 0.311 e. The molecule has 1 amide bonds. The first-order chi connectivity index (χ1) is 8.08. The summed E-state index contributed by atoms with van der Waals surface area (Å²) in [4.78, 5) is 14.9. The standard InChI is InChI=1S/C12H10FNOS2/c1-14(9-4-2-8(13)3-5-9)12(15)11-6-10(16)7-17-11/h2-7,16H,1H3. The summed E-state index contributed by atoms with van der Waals surface area (Å²) in [7, 11) is 1.66. The Labute approximate surface area is 108 Å². The van der Waals surface area contributed by atoms with E-state index in [0.717, 1.165) is 4.90 Å². The molecular weight excluding hydrogens is 257 g/mol. The number of hydrogen-bond acceptors (Lipinski definition) is 3. The lowest BCUT2D eigenvalue weighted by atomic mass is 10.3. The first kappa shape index (κ1) is 12.1. The summed E-state index contributed by atoms with van der Waals surface area (Å²) < 4.78 is 12.8. The van der Waals surface area contributed by atoms with Crippen LogP contribution in [0.1, 0.15) is 9.67 Å². The average molecular weight is 267 g/mol. The van der Waals surface area contributed by atoms with Crippen LogP contribution < -0.4 is 4.90 Å². The van der Waals surface area contributed by atoms with E-state index in [4.69, 9.17) is 0 Å². The number of thiol groups is 1. The summed E-state index contributed by atoms with van der Waals surface area (Å²) in [6, 6.07) is 7.52. The Morgan fingerprint density at radius 1 is 1.35 bits per heavy atom. The van der Waals surface area contributed by atoms with Crippen LogP contribution in [-0.4, -0.2) is 13.0 Å². The van der Waals surface area contributed by atoms with E-state index in [1.54, 1.807) is 30.6 Å². The van der Waals surface area contributed by atoms with Gasteiger partial charge in [-0.05, 0) is 30.3 Å². The summed E-state index contributed by atoms with van der Waals surface area (Å²) >= 11 is 5.50. The molecule has 0 bridgehead atoms. The third kappa shape index (κ3) is 2.68. The average Bonchev–Trinajstić information content (AvgIpc) is 2.75. The molecular formula is C12H10FNOS2. The van der Waals surface area contributed by atoms with Gasteiger partial charge in [0, 0.05) is 23.0 Å². The molecule has 0 unspecified atom stereocenters. The van der Waals surface area contributed by atoms with Gasteiger partial charge < -0.3 is 4.90 Å². The van der Waals surface area contributed by atoms with Crippen LogP contribution in [0, 0.1) is 5.82 Å². The van der Waals surface area contributed by atoms with Gasteiger partial charge in [0.2, 0.25) is 0 Å². The van der Waals surface area contributed by atoms with Gasteiger partial charge in [-0.2, -0.15) is 0 Å². The van der Waals surface area contributed by atoms with Crippen LogP contribution in [0.2, 0.25) is 0 Å². The summed E-state index contributed by atoms with van der Waals surface area (Å²) in [5.41, 5.74) is 0.658. The Balaban J connectivity index is 2.23. The minimum Gasteiger partial charge on any atom is -0.311 e. The molecule has 0 aliphatic rings. The van der Waals surface area contributed by atoms with Crippen LogP contribution in [0.25, 0.3) is 0 Å². The van der Waals surface area contributed by atoms with Crippen molar-refractivity contribution in [1.29, 1.82) is 0 Å². The van der Waals surface area contributed by atoms with E-state index in [1.807, 2.05) is 0 Å². The maximum absolute atomic E-state index is 12.8. The van der Waals surface area contributed by atoms with E-state index >= 15 is 0 Å². The highest BCUT2D eigenvalue weighted by atomic mass is 32.1. The Morgan fingerprint density at radius 3 is 2.53 bits per heavy atom. The lowest BCUT2D eigenvalue weighted by molar-refractivity contribution is 0.0996. The van der Waals surface area contributed by atoms with E-state index in [0.29, 0.717) is 10.6 Å². The minimum absolute atomic E-state index is 0.123. The van der Waals surface area contributed by atoms with Crippen molar-refractivity contribution in [2.45, 2.75) is 4.90 Å². The van der Waals surface area contributed by atoms with Crippen LogP contribution in [-0.2, 0) is 0 Å². The molecule has 1 aromatic carbocycles.